The zero-order chi connectivity index (χ0) is 12.7. The Kier molecular flexibility index (Phi) is 6.52. The highest BCUT2D eigenvalue weighted by atomic mass is 16.1. The number of likely N-dealkylation sites (tertiary alicyclic amines) is 1. The van der Waals surface area contributed by atoms with Crippen molar-refractivity contribution >= 4 is 5.91 Å². The van der Waals surface area contributed by atoms with Crippen LogP contribution in [0.25, 0.3) is 0 Å². The largest absolute Gasteiger partial charge is 0.352 e. The fraction of sp³-hybridized carbons (Fsp3) is 0.923. The molecule has 1 rings (SSSR count). The topological polar surface area (TPSA) is 58.4 Å². The highest BCUT2D eigenvalue weighted by Gasteiger charge is 2.17. The maximum atomic E-state index is 11.8. The summed E-state index contributed by atoms with van der Waals surface area (Å²) in [4.78, 5) is 14.2. The third-order valence-electron chi connectivity index (χ3n) is 3.52. The molecule has 17 heavy (non-hydrogen) atoms. The number of nitrogens with zero attached hydrogens (tertiary/aromatic N) is 1. The van der Waals surface area contributed by atoms with Crippen LogP contribution in [0.15, 0.2) is 0 Å². The van der Waals surface area contributed by atoms with Crippen molar-refractivity contribution in [1.29, 1.82) is 0 Å². The Morgan fingerprint density at radius 1 is 1.41 bits per heavy atom. The number of hydrogen-bond acceptors (Lipinski definition) is 3. The van der Waals surface area contributed by atoms with Gasteiger partial charge in [-0.2, -0.15) is 0 Å². The predicted molar refractivity (Wildman–Crippen MR) is 70.7 cm³/mol. The zero-order valence-corrected chi connectivity index (χ0v) is 11.2. The SMILES string of the molecule is CCC(CN)CC(=O)NC(C)CN1CCCC1. The van der Waals surface area contributed by atoms with Gasteiger partial charge in [0.05, 0.1) is 0 Å². The Bertz CT molecular complexity index is 223. The number of rotatable bonds is 7. The lowest BCUT2D eigenvalue weighted by Gasteiger charge is -2.22. The van der Waals surface area contributed by atoms with Crippen LogP contribution in [0, 0.1) is 5.92 Å². The summed E-state index contributed by atoms with van der Waals surface area (Å²) < 4.78 is 0. The van der Waals surface area contributed by atoms with Gasteiger partial charge in [0, 0.05) is 19.0 Å². The fourth-order valence-corrected chi connectivity index (χ4v) is 2.39. The van der Waals surface area contributed by atoms with Gasteiger partial charge in [-0.05, 0) is 45.3 Å². The normalized spacial score (nSPS) is 20.2. The Labute approximate surface area is 105 Å². The first kappa shape index (κ1) is 14.5. The van der Waals surface area contributed by atoms with E-state index in [-0.39, 0.29) is 11.9 Å². The van der Waals surface area contributed by atoms with Gasteiger partial charge in [-0.3, -0.25) is 4.79 Å². The minimum absolute atomic E-state index is 0.147. The molecule has 3 N–H and O–H groups in total. The van der Waals surface area contributed by atoms with Crippen LogP contribution in [0.5, 0.6) is 0 Å². The molecule has 1 aliphatic heterocycles. The van der Waals surface area contributed by atoms with Crippen LogP contribution in [0.4, 0.5) is 0 Å². The lowest BCUT2D eigenvalue weighted by Crippen LogP contribution is -2.41. The highest BCUT2D eigenvalue weighted by molar-refractivity contribution is 5.76. The Balaban J connectivity index is 2.20. The summed E-state index contributed by atoms with van der Waals surface area (Å²) in [6, 6.07) is 0.246. The molecule has 1 fully saturated rings. The smallest absolute Gasteiger partial charge is 0.220 e. The lowest BCUT2D eigenvalue weighted by atomic mass is 10.0. The molecule has 4 nitrogen and oxygen atoms in total. The summed E-state index contributed by atoms with van der Waals surface area (Å²) in [5.74, 6) is 0.475. The standard InChI is InChI=1S/C13H27N3O/c1-3-12(9-14)8-13(17)15-11(2)10-16-6-4-5-7-16/h11-12H,3-10,14H2,1-2H3,(H,15,17). The van der Waals surface area contributed by atoms with Crippen molar-refractivity contribution in [2.75, 3.05) is 26.2 Å². The molecule has 1 amide bonds. The third-order valence-corrected chi connectivity index (χ3v) is 3.52. The Morgan fingerprint density at radius 2 is 2.06 bits per heavy atom. The number of carbonyl (C=O) groups is 1. The average molecular weight is 241 g/mol. The van der Waals surface area contributed by atoms with Crippen LogP contribution >= 0.6 is 0 Å². The van der Waals surface area contributed by atoms with E-state index in [0.717, 1.165) is 13.0 Å². The van der Waals surface area contributed by atoms with E-state index in [1.165, 1.54) is 25.9 Å². The molecule has 0 bridgehead atoms. The Hall–Kier alpha value is -0.610. The molecule has 0 aromatic rings. The summed E-state index contributed by atoms with van der Waals surface area (Å²) >= 11 is 0. The van der Waals surface area contributed by atoms with Crippen LogP contribution < -0.4 is 11.1 Å². The minimum atomic E-state index is 0.147. The number of amides is 1. The maximum Gasteiger partial charge on any atom is 0.220 e. The van der Waals surface area contributed by atoms with Crippen molar-refractivity contribution in [3.8, 4) is 0 Å². The molecular weight excluding hydrogens is 214 g/mol. The summed E-state index contributed by atoms with van der Waals surface area (Å²) in [5.41, 5.74) is 5.61. The van der Waals surface area contributed by atoms with E-state index >= 15 is 0 Å². The summed E-state index contributed by atoms with van der Waals surface area (Å²) in [6.07, 6.45) is 4.14. The van der Waals surface area contributed by atoms with Gasteiger partial charge < -0.3 is 16.0 Å². The molecule has 2 unspecified atom stereocenters. The first-order valence-corrected chi connectivity index (χ1v) is 6.87. The van der Waals surface area contributed by atoms with E-state index in [0.29, 0.717) is 18.9 Å². The quantitative estimate of drug-likeness (QED) is 0.698. The van der Waals surface area contributed by atoms with E-state index < -0.39 is 0 Å². The number of nitrogens with one attached hydrogen (secondary N) is 1. The number of nitrogens with two attached hydrogens (primary N) is 1. The van der Waals surface area contributed by atoms with E-state index in [4.69, 9.17) is 5.73 Å². The van der Waals surface area contributed by atoms with Crippen LogP contribution in [-0.4, -0.2) is 43.0 Å². The second-order valence-electron chi connectivity index (χ2n) is 5.19. The van der Waals surface area contributed by atoms with Crippen molar-refractivity contribution in [2.45, 2.75) is 45.6 Å². The van der Waals surface area contributed by atoms with Crippen LogP contribution in [0.1, 0.15) is 39.5 Å². The molecule has 0 saturated carbocycles. The van der Waals surface area contributed by atoms with Gasteiger partial charge in [-0.25, -0.2) is 0 Å². The van der Waals surface area contributed by atoms with Crippen molar-refractivity contribution in [3.05, 3.63) is 0 Å². The summed E-state index contributed by atoms with van der Waals surface area (Å²) in [7, 11) is 0. The van der Waals surface area contributed by atoms with E-state index in [2.05, 4.69) is 24.1 Å². The monoisotopic (exact) mass is 241 g/mol. The highest BCUT2D eigenvalue weighted by Crippen LogP contribution is 2.08. The first-order chi connectivity index (χ1) is 8.15. The van der Waals surface area contributed by atoms with Gasteiger partial charge in [0.25, 0.3) is 0 Å². The van der Waals surface area contributed by atoms with Gasteiger partial charge in [0.2, 0.25) is 5.91 Å². The van der Waals surface area contributed by atoms with Crippen molar-refractivity contribution in [2.24, 2.45) is 11.7 Å². The van der Waals surface area contributed by atoms with Crippen LogP contribution in [0.2, 0.25) is 0 Å². The summed E-state index contributed by atoms with van der Waals surface area (Å²) in [5, 5.41) is 3.07. The van der Waals surface area contributed by atoms with Crippen LogP contribution in [-0.2, 0) is 4.79 Å². The second kappa shape index (κ2) is 7.67. The van der Waals surface area contributed by atoms with Crippen LogP contribution in [0.3, 0.4) is 0 Å². The third kappa shape index (κ3) is 5.50. The maximum absolute atomic E-state index is 11.8. The second-order valence-corrected chi connectivity index (χ2v) is 5.19. The molecule has 4 heteroatoms. The molecule has 1 heterocycles. The number of hydrogen-bond donors (Lipinski definition) is 2. The fourth-order valence-electron chi connectivity index (χ4n) is 2.39. The lowest BCUT2D eigenvalue weighted by molar-refractivity contribution is -0.122. The van der Waals surface area contributed by atoms with Gasteiger partial charge in [-0.1, -0.05) is 13.3 Å². The van der Waals surface area contributed by atoms with E-state index in [1.807, 2.05) is 0 Å². The van der Waals surface area contributed by atoms with Crippen molar-refractivity contribution in [1.82, 2.24) is 10.2 Å². The van der Waals surface area contributed by atoms with Crippen molar-refractivity contribution < 1.29 is 4.79 Å². The zero-order valence-electron chi connectivity index (χ0n) is 11.2. The van der Waals surface area contributed by atoms with E-state index in [9.17, 15) is 4.79 Å². The molecule has 1 aliphatic rings. The minimum Gasteiger partial charge on any atom is -0.352 e. The Morgan fingerprint density at radius 3 is 2.59 bits per heavy atom. The number of carbonyl (C=O) groups excluding carboxylic acids is 1. The van der Waals surface area contributed by atoms with Gasteiger partial charge in [-0.15, -0.1) is 0 Å². The van der Waals surface area contributed by atoms with E-state index in [1.54, 1.807) is 0 Å². The van der Waals surface area contributed by atoms with Gasteiger partial charge >= 0.3 is 0 Å². The molecule has 0 radical (unpaired) electrons. The molecular formula is C13H27N3O. The molecule has 0 aliphatic carbocycles. The molecule has 0 spiro atoms. The predicted octanol–water partition coefficient (Wildman–Crippen LogP) is 0.962. The summed E-state index contributed by atoms with van der Waals surface area (Å²) in [6.45, 7) is 8.11. The molecule has 0 aromatic carbocycles. The van der Waals surface area contributed by atoms with Gasteiger partial charge in [0.1, 0.15) is 0 Å². The van der Waals surface area contributed by atoms with Crippen molar-refractivity contribution in [3.63, 3.8) is 0 Å². The molecule has 100 valence electrons. The molecule has 2 atom stereocenters. The van der Waals surface area contributed by atoms with Gasteiger partial charge in [0.15, 0.2) is 0 Å². The first-order valence-electron chi connectivity index (χ1n) is 6.87. The molecule has 1 saturated heterocycles. The average Bonchev–Trinajstić information content (AvgIpc) is 2.78. The molecule has 0 aromatic heterocycles.